The average Bonchev–Trinajstić information content (AvgIpc) is 0.966. The maximum absolute atomic E-state index is 12.1. The van der Waals surface area contributed by atoms with E-state index in [1.807, 2.05) is 0 Å². The van der Waals surface area contributed by atoms with Crippen molar-refractivity contribution in [2.45, 2.75) is 295 Å². The van der Waals surface area contributed by atoms with Gasteiger partial charge in [-0.15, -0.1) is 0 Å². The second-order valence-corrected chi connectivity index (χ2v) is 31.7. The Morgan fingerprint density at radius 2 is 1.00 bits per heavy atom. The van der Waals surface area contributed by atoms with Crippen LogP contribution < -0.4 is 0 Å². The number of halogens is 3. The minimum absolute atomic E-state index is 0.0499. The molecule has 98 heavy (non-hydrogen) atoms. The molecule has 550 valence electrons. The fourth-order valence-corrected chi connectivity index (χ4v) is 18.1. The van der Waals surface area contributed by atoms with Gasteiger partial charge in [-0.25, -0.2) is 33.6 Å². The summed E-state index contributed by atoms with van der Waals surface area (Å²) >= 11 is 0. The Labute approximate surface area is 579 Å². The Balaban J connectivity index is 0.000000188. The summed E-state index contributed by atoms with van der Waals surface area (Å²) in [5.74, 6) is 1.15. The van der Waals surface area contributed by atoms with E-state index in [2.05, 4.69) is 78.8 Å². The zero-order valence-corrected chi connectivity index (χ0v) is 60.5. The standard InChI is InChI=1S/C17H26O2.C16H20O6.C14H20O4.C12H20O2.C11H18O2.C7H9F3O2/c1-10(2)16(18)19-17(11(3)4)14-6-12-5-13(8-14)9-15(17)7-12;1-8(2)15(18)20-7-13(17)22-14-10-3-9-4-11(6-10)16(19)21-12(14)5-9;1-9(2)11(15)18-14-5-10-3-12(16,7-14)6-13(17,4-10)8-14;1-9(2)11(13)14-12(10(3)4)7-5-6-8-12;1-4-11(7-5-6-8-11)13-10(12)9(2)3;1-4(2)6(11)12-5(3)7(8,9)10/h11-15H,1,5-9H2,2-4H3;9-12,14H,1,3-7H2,2H3;10,16-17H,1,3-8H2,2H3;10H,1,5-8H2,2-4H3;2,4-8H2,1,3H3;5H,1H2,2-3H3. The second-order valence-electron chi connectivity index (χ2n) is 31.7. The van der Waals surface area contributed by atoms with Crippen LogP contribution in [0.1, 0.15) is 237 Å². The van der Waals surface area contributed by atoms with Gasteiger partial charge in [-0.05, 0) is 231 Å². The van der Waals surface area contributed by atoms with Crippen LogP contribution in [0.15, 0.2) is 72.9 Å². The van der Waals surface area contributed by atoms with Crippen molar-refractivity contribution >= 4 is 47.8 Å². The molecule has 14 aliphatic rings. The van der Waals surface area contributed by atoms with Crippen LogP contribution in [-0.2, 0) is 76.3 Å². The Morgan fingerprint density at radius 1 is 0.541 bits per heavy atom. The van der Waals surface area contributed by atoms with Crippen LogP contribution in [0.5, 0.6) is 0 Å². The Morgan fingerprint density at radius 3 is 1.45 bits per heavy atom. The number of hydrogen-bond donors (Lipinski definition) is 2. The molecular weight excluding hydrogens is 1270 g/mol. The summed E-state index contributed by atoms with van der Waals surface area (Å²) in [5, 5.41) is 21.0. The van der Waals surface area contributed by atoms with Gasteiger partial charge in [0.25, 0.3) is 0 Å². The molecule has 0 spiro atoms. The summed E-state index contributed by atoms with van der Waals surface area (Å²) < 4.78 is 77.8. The van der Waals surface area contributed by atoms with Crippen LogP contribution in [0.2, 0.25) is 0 Å². The number of fused-ring (bicyclic) bond motifs is 1. The van der Waals surface area contributed by atoms with Gasteiger partial charge in [-0.3, -0.25) is 4.79 Å². The zero-order chi connectivity index (χ0) is 73.4. The molecular formula is C77H113F3O18. The second kappa shape index (κ2) is 32.7. The number of ether oxygens (including phenoxy) is 8. The van der Waals surface area contributed by atoms with Crippen molar-refractivity contribution in [2.75, 3.05) is 6.61 Å². The maximum Gasteiger partial charge on any atom is 0.425 e. The smallest absolute Gasteiger partial charge is 0.425 e. The molecule has 12 bridgehead atoms. The van der Waals surface area contributed by atoms with Crippen LogP contribution in [0.25, 0.3) is 0 Å². The molecule has 2 aliphatic heterocycles. The van der Waals surface area contributed by atoms with E-state index in [1.165, 1.54) is 71.6 Å². The van der Waals surface area contributed by atoms with Crippen molar-refractivity contribution < 1.29 is 99.6 Å². The SMILES string of the molecule is C=C(C)C(=O)OC(C)C(F)(F)F.C=C(C)C(=O)OC1(C(C)C)C2CC3CC(C2)CC1C3.C=C(C)C(=O)OC1(C(C)C)CCCC1.C=C(C)C(=O)OC1(CC)CCCC1.C=C(C)C(=O)OC12CC3CC(O)(CC(O)(C3)C1)C2.C=C(C)C(=O)OCC(=O)OC1C2CC3CC(C2)C(=O)OC1C3. The molecule has 0 aromatic heterocycles. The van der Waals surface area contributed by atoms with Gasteiger partial charge in [0.05, 0.1) is 17.1 Å². The van der Waals surface area contributed by atoms with Gasteiger partial charge in [-0.2, -0.15) is 13.2 Å². The molecule has 12 saturated carbocycles. The summed E-state index contributed by atoms with van der Waals surface area (Å²) in [7, 11) is 0. The van der Waals surface area contributed by atoms with Crippen molar-refractivity contribution in [2.24, 2.45) is 59.2 Å². The molecule has 2 heterocycles. The lowest BCUT2D eigenvalue weighted by molar-refractivity contribution is -0.260. The third kappa shape index (κ3) is 20.3. The molecule has 12 aliphatic carbocycles. The lowest BCUT2D eigenvalue weighted by atomic mass is 9.47. The van der Waals surface area contributed by atoms with Crippen molar-refractivity contribution in [3.8, 4) is 0 Å². The summed E-state index contributed by atoms with van der Waals surface area (Å²) in [6.45, 7) is 41.8. The first-order valence-electron chi connectivity index (χ1n) is 35.6. The minimum atomic E-state index is -4.51. The van der Waals surface area contributed by atoms with Crippen molar-refractivity contribution in [3.05, 3.63) is 72.9 Å². The molecule has 0 amide bonds. The highest BCUT2D eigenvalue weighted by Crippen LogP contribution is 2.63. The summed E-state index contributed by atoms with van der Waals surface area (Å²) in [5.41, 5.74) is -0.906. The molecule has 8 unspecified atom stereocenters. The Bertz CT molecular complexity index is 2970. The van der Waals surface area contributed by atoms with Crippen LogP contribution in [0.4, 0.5) is 13.2 Å². The lowest BCUT2D eigenvalue weighted by Gasteiger charge is -2.62. The monoisotopic (exact) mass is 1380 g/mol. The van der Waals surface area contributed by atoms with E-state index in [0.29, 0.717) is 71.1 Å². The van der Waals surface area contributed by atoms with Gasteiger partial charge in [0.1, 0.15) is 34.6 Å². The van der Waals surface area contributed by atoms with Gasteiger partial charge in [0.2, 0.25) is 0 Å². The van der Waals surface area contributed by atoms with E-state index in [0.717, 1.165) is 95.8 Å². The topological polar surface area (TPSA) is 251 Å². The highest BCUT2D eigenvalue weighted by Gasteiger charge is 2.65. The molecule has 0 aromatic rings. The van der Waals surface area contributed by atoms with Crippen LogP contribution in [-0.4, -0.2) is 123 Å². The van der Waals surface area contributed by atoms with Crippen molar-refractivity contribution in [1.29, 1.82) is 0 Å². The third-order valence-corrected chi connectivity index (χ3v) is 22.4. The number of alkyl halides is 3. The van der Waals surface area contributed by atoms with Gasteiger partial charge in [0.15, 0.2) is 12.7 Å². The zero-order valence-electron chi connectivity index (χ0n) is 60.5. The highest BCUT2D eigenvalue weighted by molar-refractivity contribution is 5.90. The number of rotatable bonds is 17. The average molecular weight is 1380 g/mol. The van der Waals surface area contributed by atoms with Crippen LogP contribution in [0.3, 0.4) is 0 Å². The maximum atomic E-state index is 12.1. The first kappa shape index (κ1) is 80.9. The van der Waals surface area contributed by atoms with E-state index in [-0.39, 0.29) is 75.7 Å². The molecule has 18 nitrogen and oxygen atoms in total. The number of aliphatic hydroxyl groups is 2. The summed E-state index contributed by atoms with van der Waals surface area (Å²) in [6, 6.07) is 0. The first-order chi connectivity index (χ1) is 45.4. The van der Waals surface area contributed by atoms with Crippen LogP contribution >= 0.6 is 0 Å². The van der Waals surface area contributed by atoms with Gasteiger partial charge in [-0.1, -0.05) is 74.1 Å². The number of carbonyl (C=O) groups is 8. The normalized spacial score (nSPS) is 32.6. The van der Waals surface area contributed by atoms with Gasteiger partial charge in [0, 0.05) is 58.6 Å². The molecule has 0 aromatic carbocycles. The molecule has 8 atom stereocenters. The van der Waals surface area contributed by atoms with Gasteiger partial charge >= 0.3 is 53.9 Å². The number of esters is 8. The number of carbonyl (C=O) groups excluding carboxylic acids is 8. The molecule has 2 saturated heterocycles. The van der Waals surface area contributed by atoms with Gasteiger partial charge < -0.3 is 48.1 Å². The fourth-order valence-electron chi connectivity index (χ4n) is 18.1. The molecule has 14 fully saturated rings. The Kier molecular flexibility index (Phi) is 27.0. The third-order valence-electron chi connectivity index (χ3n) is 22.4. The minimum Gasteiger partial charge on any atom is -0.458 e. The first-order valence-corrected chi connectivity index (χ1v) is 35.6. The molecule has 0 radical (unpaired) electrons. The highest BCUT2D eigenvalue weighted by atomic mass is 19.4. The predicted octanol–water partition coefficient (Wildman–Crippen LogP) is 14.6. The van der Waals surface area contributed by atoms with E-state index < -0.39 is 65.7 Å². The number of hydrogen-bond acceptors (Lipinski definition) is 18. The molecule has 14 rings (SSSR count). The van der Waals surface area contributed by atoms with Crippen molar-refractivity contribution in [3.63, 3.8) is 0 Å². The largest absolute Gasteiger partial charge is 0.458 e. The molecule has 21 heteroatoms. The van der Waals surface area contributed by atoms with E-state index in [9.17, 15) is 61.7 Å². The Hall–Kier alpha value is -6.09. The van der Waals surface area contributed by atoms with E-state index in [4.69, 9.17) is 33.2 Å². The molecule has 2 N–H and O–H groups in total. The fraction of sp³-hybridized carbons (Fsp3) is 0.740. The van der Waals surface area contributed by atoms with Crippen molar-refractivity contribution in [1.82, 2.24) is 0 Å². The summed E-state index contributed by atoms with van der Waals surface area (Å²) in [6.07, 6.45) is 15.7. The quantitative estimate of drug-likeness (QED) is 0.0780. The lowest BCUT2D eigenvalue weighted by Crippen LogP contribution is -2.66. The van der Waals surface area contributed by atoms with Crippen LogP contribution in [0, 0.1) is 59.2 Å². The van der Waals surface area contributed by atoms with E-state index in [1.54, 1.807) is 27.7 Å². The van der Waals surface area contributed by atoms with E-state index >= 15 is 0 Å². The predicted molar refractivity (Wildman–Crippen MR) is 360 cm³/mol. The summed E-state index contributed by atoms with van der Waals surface area (Å²) in [4.78, 5) is 92.4.